The summed E-state index contributed by atoms with van der Waals surface area (Å²) in [4.78, 5) is 9.11. The minimum absolute atomic E-state index is 0.734. The molecular formula is C12H26N4S. The first-order valence-electron chi connectivity index (χ1n) is 6.62. The van der Waals surface area contributed by atoms with Gasteiger partial charge in [0.2, 0.25) is 0 Å². The molecule has 1 aliphatic heterocycles. The zero-order chi connectivity index (χ0) is 12.5. The Bertz CT molecular complexity index is 227. The van der Waals surface area contributed by atoms with Crippen molar-refractivity contribution >= 4 is 17.7 Å². The fraction of sp³-hybridized carbons (Fsp3) is 0.917. The molecule has 2 N–H and O–H groups in total. The summed E-state index contributed by atoms with van der Waals surface area (Å²) in [6, 6.07) is 0. The van der Waals surface area contributed by atoms with E-state index < -0.39 is 0 Å². The maximum atomic E-state index is 6.00. The van der Waals surface area contributed by atoms with Crippen LogP contribution in [0, 0.1) is 0 Å². The van der Waals surface area contributed by atoms with E-state index in [4.69, 9.17) is 5.73 Å². The molecule has 0 atom stereocenters. The van der Waals surface area contributed by atoms with Gasteiger partial charge in [-0.1, -0.05) is 13.8 Å². The quantitative estimate of drug-likeness (QED) is 0.572. The number of hydrogen-bond donors (Lipinski definition) is 1. The first-order chi connectivity index (χ1) is 8.27. The van der Waals surface area contributed by atoms with Gasteiger partial charge in [0.25, 0.3) is 0 Å². The molecule has 0 aromatic heterocycles. The largest absolute Gasteiger partial charge is 0.370 e. The second kappa shape index (κ2) is 8.64. The van der Waals surface area contributed by atoms with Crippen LogP contribution in [0.2, 0.25) is 0 Å². The Morgan fingerprint density at radius 3 is 2.59 bits per heavy atom. The van der Waals surface area contributed by atoms with Gasteiger partial charge >= 0.3 is 0 Å². The van der Waals surface area contributed by atoms with Crippen molar-refractivity contribution in [3.8, 4) is 0 Å². The van der Waals surface area contributed by atoms with Gasteiger partial charge in [-0.15, -0.1) is 0 Å². The SMILES string of the molecule is CCCN(CC)CCN=C(N)N1CCSCC1. The van der Waals surface area contributed by atoms with E-state index >= 15 is 0 Å². The normalized spacial score (nSPS) is 17.8. The second-order valence-electron chi connectivity index (χ2n) is 4.27. The van der Waals surface area contributed by atoms with E-state index in [0.717, 1.165) is 45.2 Å². The van der Waals surface area contributed by atoms with Crippen molar-refractivity contribution in [2.75, 3.05) is 50.8 Å². The maximum Gasteiger partial charge on any atom is 0.191 e. The maximum absolute atomic E-state index is 6.00. The van der Waals surface area contributed by atoms with Gasteiger partial charge in [0.15, 0.2) is 5.96 Å². The van der Waals surface area contributed by atoms with Crippen LogP contribution in [0.4, 0.5) is 0 Å². The predicted octanol–water partition coefficient (Wildman–Crippen LogP) is 1.08. The zero-order valence-corrected chi connectivity index (χ0v) is 12.0. The highest BCUT2D eigenvalue weighted by atomic mass is 32.2. The van der Waals surface area contributed by atoms with Crippen LogP contribution in [0.5, 0.6) is 0 Å². The predicted molar refractivity (Wildman–Crippen MR) is 77.8 cm³/mol. The number of thioether (sulfide) groups is 1. The Hall–Kier alpha value is -0.420. The highest BCUT2D eigenvalue weighted by Gasteiger charge is 2.11. The van der Waals surface area contributed by atoms with Crippen molar-refractivity contribution in [1.82, 2.24) is 9.80 Å². The first-order valence-corrected chi connectivity index (χ1v) is 7.78. The highest BCUT2D eigenvalue weighted by Crippen LogP contribution is 2.08. The third kappa shape index (κ3) is 5.64. The molecule has 1 rings (SSSR count). The van der Waals surface area contributed by atoms with Crippen molar-refractivity contribution in [2.45, 2.75) is 20.3 Å². The van der Waals surface area contributed by atoms with Crippen LogP contribution in [0.15, 0.2) is 4.99 Å². The summed E-state index contributed by atoms with van der Waals surface area (Å²) < 4.78 is 0. The molecule has 100 valence electrons. The molecule has 0 amide bonds. The molecule has 0 aromatic carbocycles. The summed E-state index contributed by atoms with van der Waals surface area (Å²) >= 11 is 1.99. The van der Waals surface area contributed by atoms with E-state index in [0.29, 0.717) is 0 Å². The van der Waals surface area contributed by atoms with Gasteiger partial charge in [0.1, 0.15) is 0 Å². The third-order valence-corrected chi connectivity index (χ3v) is 3.95. The van der Waals surface area contributed by atoms with Crippen molar-refractivity contribution in [3.63, 3.8) is 0 Å². The van der Waals surface area contributed by atoms with Gasteiger partial charge in [-0.3, -0.25) is 4.99 Å². The molecule has 17 heavy (non-hydrogen) atoms. The average molecular weight is 258 g/mol. The van der Waals surface area contributed by atoms with Gasteiger partial charge in [0, 0.05) is 31.1 Å². The fourth-order valence-corrected chi connectivity index (χ4v) is 2.85. The van der Waals surface area contributed by atoms with Crippen molar-refractivity contribution < 1.29 is 0 Å². The Morgan fingerprint density at radius 1 is 1.29 bits per heavy atom. The average Bonchev–Trinajstić information content (AvgIpc) is 2.38. The van der Waals surface area contributed by atoms with E-state index in [9.17, 15) is 0 Å². The number of guanidine groups is 1. The Balaban J connectivity index is 2.26. The molecule has 4 nitrogen and oxygen atoms in total. The van der Waals surface area contributed by atoms with Crippen LogP contribution in [0.25, 0.3) is 0 Å². The summed E-state index contributed by atoms with van der Waals surface area (Å²) in [5.74, 6) is 3.08. The monoisotopic (exact) mass is 258 g/mol. The Labute approximate surface area is 110 Å². The van der Waals surface area contributed by atoms with Crippen molar-refractivity contribution in [1.29, 1.82) is 0 Å². The van der Waals surface area contributed by atoms with Gasteiger partial charge in [0.05, 0.1) is 6.54 Å². The topological polar surface area (TPSA) is 44.9 Å². The van der Waals surface area contributed by atoms with E-state index in [2.05, 4.69) is 28.6 Å². The highest BCUT2D eigenvalue weighted by molar-refractivity contribution is 7.99. The zero-order valence-electron chi connectivity index (χ0n) is 11.2. The Morgan fingerprint density at radius 2 is 2.00 bits per heavy atom. The molecule has 1 heterocycles. The van der Waals surface area contributed by atoms with Gasteiger partial charge in [-0.2, -0.15) is 11.8 Å². The lowest BCUT2D eigenvalue weighted by atomic mass is 10.4. The van der Waals surface area contributed by atoms with Crippen molar-refractivity contribution in [3.05, 3.63) is 0 Å². The van der Waals surface area contributed by atoms with Gasteiger partial charge in [-0.25, -0.2) is 0 Å². The molecule has 0 spiro atoms. The molecule has 0 bridgehead atoms. The molecule has 1 aliphatic rings. The van der Waals surface area contributed by atoms with Crippen LogP contribution >= 0.6 is 11.8 Å². The molecule has 0 saturated carbocycles. The summed E-state index contributed by atoms with van der Waals surface area (Å²) in [5, 5.41) is 0. The third-order valence-electron chi connectivity index (χ3n) is 3.01. The molecule has 0 unspecified atom stereocenters. The smallest absolute Gasteiger partial charge is 0.191 e. The number of hydrogen-bond acceptors (Lipinski definition) is 3. The number of nitrogens with two attached hydrogens (primary N) is 1. The van der Waals surface area contributed by atoms with Crippen LogP contribution < -0.4 is 5.73 Å². The van der Waals surface area contributed by atoms with Crippen LogP contribution in [-0.2, 0) is 0 Å². The molecule has 1 saturated heterocycles. The summed E-state index contributed by atoms with van der Waals surface area (Å²) in [6.45, 7) is 10.6. The molecular weight excluding hydrogens is 232 g/mol. The molecule has 0 aliphatic carbocycles. The molecule has 0 aromatic rings. The first kappa shape index (κ1) is 14.6. The lowest BCUT2D eigenvalue weighted by molar-refractivity contribution is 0.296. The number of likely N-dealkylation sites (N-methyl/N-ethyl adjacent to an activating group) is 1. The number of aliphatic imine (C=N–C) groups is 1. The van der Waals surface area contributed by atoms with E-state index in [1.54, 1.807) is 0 Å². The van der Waals surface area contributed by atoms with Crippen LogP contribution in [0.3, 0.4) is 0 Å². The fourth-order valence-electron chi connectivity index (χ4n) is 1.94. The number of nitrogens with zero attached hydrogens (tertiary/aromatic N) is 3. The Kier molecular flexibility index (Phi) is 7.44. The van der Waals surface area contributed by atoms with E-state index in [1.165, 1.54) is 17.9 Å². The lowest BCUT2D eigenvalue weighted by Gasteiger charge is -2.27. The minimum Gasteiger partial charge on any atom is -0.370 e. The van der Waals surface area contributed by atoms with Gasteiger partial charge < -0.3 is 15.5 Å². The summed E-state index contributed by atoms with van der Waals surface area (Å²) in [7, 11) is 0. The summed E-state index contributed by atoms with van der Waals surface area (Å²) in [5.41, 5.74) is 6.00. The molecule has 5 heteroatoms. The molecule has 1 fully saturated rings. The van der Waals surface area contributed by atoms with E-state index in [-0.39, 0.29) is 0 Å². The van der Waals surface area contributed by atoms with E-state index in [1.807, 2.05) is 11.8 Å². The van der Waals surface area contributed by atoms with Crippen LogP contribution in [0.1, 0.15) is 20.3 Å². The minimum atomic E-state index is 0.734. The van der Waals surface area contributed by atoms with Crippen molar-refractivity contribution in [2.24, 2.45) is 10.7 Å². The number of rotatable bonds is 6. The molecule has 0 radical (unpaired) electrons. The summed E-state index contributed by atoms with van der Waals surface area (Å²) in [6.07, 6.45) is 1.20. The standard InChI is InChI=1S/C12H26N4S/c1-3-6-15(4-2)7-5-14-12(13)16-8-10-17-11-9-16/h3-11H2,1-2H3,(H2,13,14). The second-order valence-corrected chi connectivity index (χ2v) is 5.50. The van der Waals surface area contributed by atoms with Gasteiger partial charge in [-0.05, 0) is 19.5 Å². The van der Waals surface area contributed by atoms with Crippen LogP contribution in [-0.4, -0.2) is 66.5 Å². The lowest BCUT2D eigenvalue weighted by Crippen LogP contribution is -2.43.